The van der Waals surface area contributed by atoms with Gasteiger partial charge in [0.2, 0.25) is 10.0 Å². The van der Waals surface area contributed by atoms with E-state index in [9.17, 15) is 8.42 Å². The van der Waals surface area contributed by atoms with Crippen LogP contribution in [0.25, 0.3) is 0 Å². The topological polar surface area (TPSA) is 67.4 Å². The SMILES string of the molecule is CCNCc1ccc(Cl)c(S(=O)(=O)NCCCOCC)c1. The number of benzene rings is 1. The minimum atomic E-state index is -3.59. The standard InChI is InChI=1S/C14H23ClN2O3S/c1-3-16-11-12-6-7-13(15)14(10-12)21(18,19)17-8-5-9-20-4-2/h6-7,10,16-17H,3-5,8-9,11H2,1-2H3. The molecule has 2 N–H and O–H groups in total. The predicted octanol–water partition coefficient (Wildman–Crippen LogP) is 2.15. The van der Waals surface area contributed by atoms with E-state index < -0.39 is 10.0 Å². The average molecular weight is 335 g/mol. The van der Waals surface area contributed by atoms with Crippen LogP contribution in [0.2, 0.25) is 5.02 Å². The van der Waals surface area contributed by atoms with Crippen LogP contribution in [0.15, 0.2) is 23.1 Å². The second-order valence-electron chi connectivity index (χ2n) is 4.49. The monoisotopic (exact) mass is 334 g/mol. The minimum Gasteiger partial charge on any atom is -0.382 e. The van der Waals surface area contributed by atoms with Gasteiger partial charge in [0.25, 0.3) is 0 Å². The van der Waals surface area contributed by atoms with Crippen LogP contribution in [0.1, 0.15) is 25.8 Å². The van der Waals surface area contributed by atoms with E-state index in [0.717, 1.165) is 12.1 Å². The first kappa shape index (κ1) is 18.4. The largest absolute Gasteiger partial charge is 0.382 e. The third kappa shape index (κ3) is 6.32. The summed E-state index contributed by atoms with van der Waals surface area (Å²) in [6, 6.07) is 5.04. The van der Waals surface area contributed by atoms with Crippen LogP contribution in [0, 0.1) is 0 Å². The van der Waals surface area contributed by atoms with E-state index in [2.05, 4.69) is 10.0 Å². The van der Waals surface area contributed by atoms with E-state index in [-0.39, 0.29) is 9.92 Å². The third-order valence-electron chi connectivity index (χ3n) is 2.83. The lowest BCUT2D eigenvalue weighted by atomic mass is 10.2. The van der Waals surface area contributed by atoms with Gasteiger partial charge >= 0.3 is 0 Å². The average Bonchev–Trinajstić information content (AvgIpc) is 2.46. The molecule has 1 rings (SSSR count). The lowest BCUT2D eigenvalue weighted by Crippen LogP contribution is -2.26. The molecule has 1 aromatic rings. The Labute approximate surface area is 132 Å². The molecule has 0 heterocycles. The number of hydrogen-bond acceptors (Lipinski definition) is 4. The number of rotatable bonds is 10. The van der Waals surface area contributed by atoms with Gasteiger partial charge in [-0.05, 0) is 37.6 Å². The summed E-state index contributed by atoms with van der Waals surface area (Å²) in [4.78, 5) is 0.121. The van der Waals surface area contributed by atoms with Gasteiger partial charge in [-0.3, -0.25) is 0 Å². The molecule has 0 saturated heterocycles. The molecule has 0 unspecified atom stereocenters. The van der Waals surface area contributed by atoms with Gasteiger partial charge in [0, 0.05) is 26.3 Å². The maximum atomic E-state index is 12.3. The highest BCUT2D eigenvalue weighted by molar-refractivity contribution is 7.89. The Balaban J connectivity index is 2.72. The zero-order valence-corrected chi connectivity index (χ0v) is 14.1. The van der Waals surface area contributed by atoms with Crippen molar-refractivity contribution < 1.29 is 13.2 Å². The summed E-state index contributed by atoms with van der Waals surface area (Å²) < 4.78 is 32.2. The molecule has 0 amide bonds. The maximum absolute atomic E-state index is 12.3. The molecule has 0 aliphatic rings. The Hall–Kier alpha value is -0.660. The van der Waals surface area contributed by atoms with E-state index in [1.165, 1.54) is 0 Å². The van der Waals surface area contributed by atoms with E-state index in [0.29, 0.717) is 32.7 Å². The zero-order valence-electron chi connectivity index (χ0n) is 12.5. The Morgan fingerprint density at radius 1 is 1.29 bits per heavy atom. The molecule has 7 heteroatoms. The molecule has 0 aliphatic carbocycles. The van der Waals surface area contributed by atoms with Gasteiger partial charge in [0.15, 0.2) is 0 Å². The summed E-state index contributed by atoms with van der Waals surface area (Å²) in [5.74, 6) is 0. The molecular formula is C14H23ClN2O3S. The second kappa shape index (κ2) is 9.38. The summed E-state index contributed by atoms with van der Waals surface area (Å²) in [6.07, 6.45) is 0.627. The summed E-state index contributed by atoms with van der Waals surface area (Å²) in [6.45, 7) is 6.82. The molecule has 0 atom stereocenters. The van der Waals surface area contributed by atoms with Crippen molar-refractivity contribution in [1.82, 2.24) is 10.0 Å². The van der Waals surface area contributed by atoms with Crippen molar-refractivity contribution in [3.8, 4) is 0 Å². The lowest BCUT2D eigenvalue weighted by molar-refractivity contribution is 0.146. The molecule has 0 saturated carbocycles. The molecule has 0 fully saturated rings. The summed E-state index contributed by atoms with van der Waals surface area (Å²) >= 11 is 6.01. The van der Waals surface area contributed by atoms with Gasteiger partial charge in [0.1, 0.15) is 4.90 Å². The van der Waals surface area contributed by atoms with Gasteiger partial charge in [-0.2, -0.15) is 0 Å². The van der Waals surface area contributed by atoms with Gasteiger partial charge < -0.3 is 10.1 Å². The molecule has 0 aromatic heterocycles. The van der Waals surface area contributed by atoms with Crippen LogP contribution < -0.4 is 10.0 Å². The highest BCUT2D eigenvalue weighted by Gasteiger charge is 2.17. The fourth-order valence-corrected chi connectivity index (χ4v) is 3.36. The zero-order chi connectivity index (χ0) is 15.7. The molecular weight excluding hydrogens is 312 g/mol. The Kier molecular flexibility index (Phi) is 8.21. The van der Waals surface area contributed by atoms with Crippen LogP contribution in [-0.2, 0) is 21.3 Å². The maximum Gasteiger partial charge on any atom is 0.242 e. The van der Waals surface area contributed by atoms with Crippen LogP contribution in [0.3, 0.4) is 0 Å². The van der Waals surface area contributed by atoms with Crippen molar-refractivity contribution >= 4 is 21.6 Å². The molecule has 5 nitrogen and oxygen atoms in total. The molecule has 0 spiro atoms. The smallest absolute Gasteiger partial charge is 0.242 e. The minimum absolute atomic E-state index is 0.121. The van der Waals surface area contributed by atoms with E-state index in [1.807, 2.05) is 19.9 Å². The predicted molar refractivity (Wildman–Crippen MR) is 85.1 cm³/mol. The van der Waals surface area contributed by atoms with Gasteiger partial charge in [0.05, 0.1) is 5.02 Å². The van der Waals surface area contributed by atoms with Gasteiger partial charge in [-0.25, -0.2) is 13.1 Å². The van der Waals surface area contributed by atoms with E-state index in [1.54, 1.807) is 12.1 Å². The normalized spacial score (nSPS) is 11.8. The van der Waals surface area contributed by atoms with Crippen molar-refractivity contribution in [3.63, 3.8) is 0 Å². The summed E-state index contributed by atoms with van der Waals surface area (Å²) in [7, 11) is -3.59. The first-order valence-corrected chi connectivity index (χ1v) is 8.94. The Bertz CT molecular complexity index is 535. The molecule has 0 bridgehead atoms. The molecule has 120 valence electrons. The highest BCUT2D eigenvalue weighted by atomic mass is 35.5. The first-order valence-electron chi connectivity index (χ1n) is 7.07. The third-order valence-corrected chi connectivity index (χ3v) is 4.77. The molecule has 0 radical (unpaired) electrons. The molecule has 1 aromatic carbocycles. The fourth-order valence-electron chi connectivity index (χ4n) is 1.74. The van der Waals surface area contributed by atoms with E-state index >= 15 is 0 Å². The number of halogens is 1. The van der Waals surface area contributed by atoms with Crippen molar-refractivity contribution in [2.24, 2.45) is 0 Å². The molecule has 0 aliphatic heterocycles. The van der Waals surface area contributed by atoms with Gasteiger partial charge in [-0.1, -0.05) is 24.6 Å². The van der Waals surface area contributed by atoms with Crippen LogP contribution >= 0.6 is 11.6 Å². The Morgan fingerprint density at radius 3 is 2.71 bits per heavy atom. The Morgan fingerprint density at radius 2 is 2.05 bits per heavy atom. The van der Waals surface area contributed by atoms with Crippen molar-refractivity contribution in [2.75, 3.05) is 26.3 Å². The van der Waals surface area contributed by atoms with E-state index in [4.69, 9.17) is 16.3 Å². The molecule has 21 heavy (non-hydrogen) atoms. The first-order chi connectivity index (χ1) is 10.0. The van der Waals surface area contributed by atoms with Crippen LogP contribution in [0.5, 0.6) is 0 Å². The lowest BCUT2D eigenvalue weighted by Gasteiger charge is -2.10. The number of ether oxygens (including phenoxy) is 1. The number of hydrogen-bond donors (Lipinski definition) is 2. The van der Waals surface area contributed by atoms with Crippen molar-refractivity contribution in [2.45, 2.75) is 31.7 Å². The summed E-state index contributed by atoms with van der Waals surface area (Å²) in [5.41, 5.74) is 0.885. The number of nitrogens with one attached hydrogen (secondary N) is 2. The van der Waals surface area contributed by atoms with Crippen LogP contribution in [0.4, 0.5) is 0 Å². The van der Waals surface area contributed by atoms with Gasteiger partial charge in [-0.15, -0.1) is 0 Å². The number of sulfonamides is 1. The van der Waals surface area contributed by atoms with Crippen molar-refractivity contribution in [3.05, 3.63) is 28.8 Å². The summed E-state index contributed by atoms with van der Waals surface area (Å²) in [5, 5.41) is 3.38. The highest BCUT2D eigenvalue weighted by Crippen LogP contribution is 2.22. The van der Waals surface area contributed by atoms with Crippen molar-refractivity contribution in [1.29, 1.82) is 0 Å². The van der Waals surface area contributed by atoms with Crippen LogP contribution in [-0.4, -0.2) is 34.7 Å². The fraction of sp³-hybridized carbons (Fsp3) is 0.571. The second-order valence-corrected chi connectivity index (χ2v) is 6.64. The quantitative estimate of drug-likeness (QED) is 0.643.